The molecule has 1 fully saturated rings. The molecular weight excluding hydrogens is 334 g/mol. The summed E-state index contributed by atoms with van der Waals surface area (Å²) in [5.41, 5.74) is 0.728. The molecule has 3 amide bonds. The molecule has 1 aliphatic heterocycles. The third-order valence-electron chi connectivity index (χ3n) is 4.76. The molecule has 26 heavy (non-hydrogen) atoms. The maximum Gasteiger partial charge on any atom is 0.325 e. The fourth-order valence-corrected chi connectivity index (χ4v) is 3.43. The van der Waals surface area contributed by atoms with Gasteiger partial charge in [-0.05, 0) is 32.0 Å². The summed E-state index contributed by atoms with van der Waals surface area (Å²) in [6.45, 7) is 3.03. The number of nitrogens with one attached hydrogen (secondary N) is 2. The number of amides is 3. The number of ketones is 1. The monoisotopic (exact) mass is 351 g/mol. The molecule has 0 aliphatic carbocycles. The van der Waals surface area contributed by atoms with Crippen LogP contribution in [0.2, 0.25) is 0 Å². The fourth-order valence-electron chi connectivity index (χ4n) is 3.43. The van der Waals surface area contributed by atoms with Crippen molar-refractivity contribution in [3.8, 4) is 0 Å². The molecule has 1 aliphatic rings. The Morgan fingerprint density at radius 2 is 1.96 bits per heavy atom. The highest BCUT2D eigenvalue weighted by Crippen LogP contribution is 2.30. The van der Waals surface area contributed by atoms with Gasteiger partial charge in [0.15, 0.2) is 11.3 Å². The molecule has 7 nitrogen and oxygen atoms in total. The Kier molecular flexibility index (Phi) is 3.47. The SMILES string of the molecule is Cc1[nH]c2ccccc2c1C(=O)CN1C(=O)N[C@](C)(c2ccco2)C1=O. The number of furan rings is 1. The number of urea groups is 1. The summed E-state index contributed by atoms with van der Waals surface area (Å²) < 4.78 is 5.29. The van der Waals surface area contributed by atoms with E-state index < -0.39 is 17.5 Å². The van der Waals surface area contributed by atoms with Crippen LogP contribution in [0, 0.1) is 6.92 Å². The first-order chi connectivity index (χ1) is 12.4. The molecule has 7 heteroatoms. The van der Waals surface area contributed by atoms with Crippen LogP contribution in [0.1, 0.15) is 28.7 Å². The van der Waals surface area contributed by atoms with Gasteiger partial charge in [-0.1, -0.05) is 18.2 Å². The molecular formula is C19H17N3O4. The summed E-state index contributed by atoms with van der Waals surface area (Å²) in [5, 5.41) is 3.39. The maximum atomic E-state index is 12.9. The molecule has 0 unspecified atom stereocenters. The molecule has 3 heterocycles. The maximum absolute atomic E-state index is 12.9. The molecule has 132 valence electrons. The van der Waals surface area contributed by atoms with E-state index in [1.807, 2.05) is 24.3 Å². The van der Waals surface area contributed by atoms with E-state index in [9.17, 15) is 14.4 Å². The smallest absolute Gasteiger partial charge is 0.325 e. The second-order valence-corrected chi connectivity index (χ2v) is 6.52. The zero-order valence-corrected chi connectivity index (χ0v) is 14.3. The zero-order chi connectivity index (χ0) is 18.5. The predicted molar refractivity (Wildman–Crippen MR) is 93.7 cm³/mol. The number of carbonyl (C=O) groups is 3. The van der Waals surface area contributed by atoms with Crippen molar-refractivity contribution in [2.75, 3.05) is 6.54 Å². The topological polar surface area (TPSA) is 95.4 Å². The van der Waals surface area contributed by atoms with Gasteiger partial charge in [-0.2, -0.15) is 0 Å². The average Bonchev–Trinajstić information content (AvgIpc) is 3.29. The lowest BCUT2D eigenvalue weighted by atomic mass is 9.99. The number of carbonyl (C=O) groups excluding carboxylic acids is 3. The van der Waals surface area contributed by atoms with Gasteiger partial charge in [0, 0.05) is 22.2 Å². The Bertz CT molecular complexity index is 1030. The van der Waals surface area contributed by atoms with E-state index in [0.29, 0.717) is 17.0 Å². The Hall–Kier alpha value is -3.35. The predicted octanol–water partition coefficient (Wildman–Crippen LogP) is 2.72. The molecule has 1 aromatic carbocycles. The third kappa shape index (κ3) is 2.24. The molecule has 2 N–H and O–H groups in total. The summed E-state index contributed by atoms with van der Waals surface area (Å²) >= 11 is 0. The van der Waals surface area contributed by atoms with Crippen molar-refractivity contribution in [1.29, 1.82) is 0 Å². The van der Waals surface area contributed by atoms with Gasteiger partial charge in [-0.25, -0.2) is 4.79 Å². The van der Waals surface area contributed by atoms with Crippen LogP contribution >= 0.6 is 0 Å². The normalized spacial score (nSPS) is 20.0. The lowest BCUT2D eigenvalue weighted by Gasteiger charge is -2.18. The third-order valence-corrected chi connectivity index (χ3v) is 4.76. The number of rotatable bonds is 4. The number of para-hydroxylation sites is 1. The average molecular weight is 351 g/mol. The Labute approximate surface area is 149 Å². The molecule has 0 spiro atoms. The van der Waals surface area contributed by atoms with Crippen LogP contribution in [0.5, 0.6) is 0 Å². The van der Waals surface area contributed by atoms with Crippen LogP contribution in [0.4, 0.5) is 4.79 Å². The van der Waals surface area contributed by atoms with Crippen LogP contribution in [-0.4, -0.2) is 34.2 Å². The first kappa shape index (κ1) is 16.1. The van der Waals surface area contributed by atoms with Crippen molar-refractivity contribution in [1.82, 2.24) is 15.2 Å². The standard InChI is InChI=1S/C19H17N3O4/c1-11-16(12-6-3-4-7-13(12)20-11)14(23)10-22-17(24)19(2,21-18(22)25)15-8-5-9-26-15/h3-9,20H,10H2,1-2H3,(H,21,25)/t19-/m1/s1. The van der Waals surface area contributed by atoms with E-state index in [4.69, 9.17) is 4.42 Å². The number of aromatic amines is 1. The van der Waals surface area contributed by atoms with Crippen LogP contribution < -0.4 is 5.32 Å². The molecule has 0 saturated carbocycles. The Morgan fingerprint density at radius 1 is 1.19 bits per heavy atom. The van der Waals surface area contributed by atoms with Crippen LogP contribution in [-0.2, 0) is 10.3 Å². The van der Waals surface area contributed by atoms with Crippen molar-refractivity contribution in [2.45, 2.75) is 19.4 Å². The zero-order valence-electron chi connectivity index (χ0n) is 14.3. The van der Waals surface area contributed by atoms with Crippen LogP contribution in [0.25, 0.3) is 10.9 Å². The van der Waals surface area contributed by atoms with Crippen molar-refractivity contribution >= 4 is 28.6 Å². The molecule has 3 aromatic rings. The van der Waals surface area contributed by atoms with Crippen molar-refractivity contribution in [3.05, 3.63) is 59.7 Å². The van der Waals surface area contributed by atoms with Gasteiger partial charge in [-0.3, -0.25) is 14.5 Å². The number of fused-ring (bicyclic) bond motifs is 1. The van der Waals surface area contributed by atoms with Gasteiger partial charge in [0.2, 0.25) is 0 Å². The number of hydrogen-bond donors (Lipinski definition) is 2. The van der Waals surface area contributed by atoms with Crippen LogP contribution in [0.3, 0.4) is 0 Å². The van der Waals surface area contributed by atoms with Crippen molar-refractivity contribution in [2.24, 2.45) is 0 Å². The van der Waals surface area contributed by atoms with E-state index in [1.54, 1.807) is 26.0 Å². The van der Waals surface area contributed by atoms with Gasteiger partial charge >= 0.3 is 6.03 Å². The summed E-state index contributed by atoms with van der Waals surface area (Å²) in [7, 11) is 0. The molecule has 0 bridgehead atoms. The van der Waals surface area contributed by atoms with Gasteiger partial charge in [0.1, 0.15) is 5.76 Å². The minimum atomic E-state index is -1.31. The highest BCUT2D eigenvalue weighted by atomic mass is 16.3. The minimum Gasteiger partial charge on any atom is -0.466 e. The van der Waals surface area contributed by atoms with Gasteiger partial charge in [0.25, 0.3) is 5.91 Å². The first-order valence-electron chi connectivity index (χ1n) is 8.20. The van der Waals surface area contributed by atoms with E-state index in [-0.39, 0.29) is 12.3 Å². The molecule has 0 radical (unpaired) electrons. The van der Waals surface area contributed by atoms with Gasteiger partial charge in [-0.15, -0.1) is 0 Å². The second kappa shape index (κ2) is 5.59. The Morgan fingerprint density at radius 3 is 2.69 bits per heavy atom. The quantitative estimate of drug-likeness (QED) is 0.558. The number of Topliss-reactive ketones (excluding diaryl/α,β-unsaturated/α-hetero) is 1. The van der Waals surface area contributed by atoms with E-state index in [1.165, 1.54) is 6.26 Å². The molecule has 4 rings (SSSR count). The van der Waals surface area contributed by atoms with E-state index in [2.05, 4.69) is 10.3 Å². The minimum absolute atomic E-state index is 0.299. The molecule has 1 saturated heterocycles. The summed E-state index contributed by atoms with van der Waals surface area (Å²) in [6.07, 6.45) is 1.43. The van der Waals surface area contributed by atoms with Crippen molar-refractivity contribution in [3.63, 3.8) is 0 Å². The highest BCUT2D eigenvalue weighted by Gasteiger charge is 2.51. The largest absolute Gasteiger partial charge is 0.466 e. The van der Waals surface area contributed by atoms with Gasteiger partial charge in [0.05, 0.1) is 12.8 Å². The lowest BCUT2D eigenvalue weighted by molar-refractivity contribution is -0.131. The first-order valence-corrected chi connectivity index (χ1v) is 8.20. The lowest BCUT2D eigenvalue weighted by Crippen LogP contribution is -2.41. The van der Waals surface area contributed by atoms with E-state index in [0.717, 1.165) is 15.8 Å². The highest BCUT2D eigenvalue weighted by molar-refractivity contribution is 6.15. The number of aromatic nitrogens is 1. The summed E-state index contributed by atoms with van der Waals surface area (Å²) in [6, 6.07) is 10.1. The van der Waals surface area contributed by atoms with Crippen molar-refractivity contribution < 1.29 is 18.8 Å². The van der Waals surface area contributed by atoms with E-state index >= 15 is 0 Å². The number of nitrogens with zero attached hydrogens (tertiary/aromatic N) is 1. The molecule has 1 atom stereocenters. The number of benzene rings is 1. The number of hydrogen-bond acceptors (Lipinski definition) is 4. The fraction of sp³-hybridized carbons (Fsp3) is 0.211. The molecule has 2 aromatic heterocycles. The number of H-pyrrole nitrogens is 1. The second-order valence-electron chi connectivity index (χ2n) is 6.52. The van der Waals surface area contributed by atoms with Gasteiger partial charge < -0.3 is 14.7 Å². The summed E-state index contributed by atoms with van der Waals surface area (Å²) in [4.78, 5) is 42.1. The summed E-state index contributed by atoms with van der Waals surface area (Å²) in [5.74, 6) is -0.482. The Balaban J connectivity index is 1.65. The number of imide groups is 1. The number of aryl methyl sites for hydroxylation is 1. The van der Waals surface area contributed by atoms with Crippen LogP contribution in [0.15, 0.2) is 47.1 Å².